The Morgan fingerprint density at radius 2 is 2.11 bits per heavy atom. The number of nitrogen functional groups attached to an aromatic ring is 1. The Kier molecular flexibility index (Phi) is 5.31. The van der Waals surface area contributed by atoms with Gasteiger partial charge in [-0.2, -0.15) is 15.1 Å². The van der Waals surface area contributed by atoms with E-state index in [1.54, 1.807) is 0 Å². The Labute approximate surface area is 160 Å². The van der Waals surface area contributed by atoms with Gasteiger partial charge >= 0.3 is 0 Å². The number of hydrogen-bond donors (Lipinski definition) is 4. The third-order valence-corrected chi connectivity index (χ3v) is 5.11. The van der Waals surface area contributed by atoms with Gasteiger partial charge in [0.2, 0.25) is 0 Å². The summed E-state index contributed by atoms with van der Waals surface area (Å²) in [4.78, 5) is 12.6. The summed E-state index contributed by atoms with van der Waals surface area (Å²) in [6.45, 7) is 0.161. The van der Waals surface area contributed by atoms with Crippen molar-refractivity contribution < 1.29 is 20.1 Å². The second-order valence-electron chi connectivity index (χ2n) is 7.04. The van der Waals surface area contributed by atoms with Gasteiger partial charge in [0.05, 0.1) is 19.5 Å². The molecule has 4 rings (SSSR count). The quantitative estimate of drug-likeness (QED) is 0.423. The Balaban J connectivity index is 1.59. The largest absolute Gasteiger partial charge is 0.394 e. The molecule has 2 aromatic rings. The highest BCUT2D eigenvalue weighted by molar-refractivity contribution is 5.82. The van der Waals surface area contributed by atoms with Crippen LogP contribution in [0.3, 0.4) is 0 Å². The van der Waals surface area contributed by atoms with E-state index < -0.39 is 31.1 Å². The van der Waals surface area contributed by atoms with Crippen molar-refractivity contribution in [1.82, 2.24) is 19.5 Å². The van der Waals surface area contributed by atoms with Crippen LogP contribution < -0.4 is 5.73 Å². The lowest BCUT2D eigenvalue weighted by Crippen LogP contribution is -2.33. The summed E-state index contributed by atoms with van der Waals surface area (Å²) >= 11 is 0. The number of imidazole rings is 1. The fourth-order valence-corrected chi connectivity index (χ4v) is 3.51. The predicted molar refractivity (Wildman–Crippen MR) is 98.6 cm³/mol. The first-order valence-corrected chi connectivity index (χ1v) is 9.23. The number of hydrogen-bond acceptors (Lipinski definition) is 10. The number of aliphatic hydroxyl groups is 3. The van der Waals surface area contributed by atoms with Crippen molar-refractivity contribution in [3.8, 4) is 0 Å². The molecule has 0 bridgehead atoms. The lowest BCUT2D eigenvalue weighted by Gasteiger charge is -2.16. The summed E-state index contributed by atoms with van der Waals surface area (Å²) in [5.74, 6) is 0.675. The van der Waals surface area contributed by atoms with Gasteiger partial charge in [-0.05, 0) is 25.2 Å². The molecule has 150 valence electrons. The van der Waals surface area contributed by atoms with Gasteiger partial charge in [0.15, 0.2) is 17.7 Å². The van der Waals surface area contributed by atoms with E-state index in [0.29, 0.717) is 23.6 Å². The third-order valence-electron chi connectivity index (χ3n) is 5.11. The molecule has 5 atom stereocenters. The molecule has 0 saturated carbocycles. The predicted octanol–water partition coefficient (Wildman–Crippen LogP) is 0.460. The molecule has 1 saturated heterocycles. The number of nitrogens with two attached hydrogens (primary N) is 1. The van der Waals surface area contributed by atoms with Gasteiger partial charge in [-0.15, -0.1) is 5.11 Å². The van der Waals surface area contributed by atoms with Crippen LogP contribution in [0.5, 0.6) is 0 Å². The monoisotopic (exact) mass is 389 g/mol. The standard InChI is InChI=1S/C17H23N7O4/c18-14-11-15(22-17(21-14)23-20-6-9-4-2-1-3-5-9)24(8-19-11)16-13(27)12(26)10(7-25)28-16/h1-2,8-10,12-13,16,25-27H,3-7H2,(H2,18,21,22)/t9?,10-,12-,13-,16?/m1/s1. The second kappa shape index (κ2) is 7.87. The minimum absolute atomic E-state index is 0.0878. The molecule has 0 radical (unpaired) electrons. The second-order valence-corrected chi connectivity index (χ2v) is 7.04. The number of allylic oxidation sites excluding steroid dienone is 2. The Hall–Kier alpha value is -2.47. The fraction of sp³-hybridized carbons (Fsp3) is 0.588. The van der Waals surface area contributed by atoms with Crippen LogP contribution in [0, 0.1) is 5.92 Å². The normalized spacial score (nSPS) is 30.6. The highest BCUT2D eigenvalue weighted by atomic mass is 16.6. The van der Waals surface area contributed by atoms with Gasteiger partial charge in [0.25, 0.3) is 5.95 Å². The van der Waals surface area contributed by atoms with Crippen molar-refractivity contribution in [3.05, 3.63) is 18.5 Å². The van der Waals surface area contributed by atoms with Crippen LogP contribution in [0.4, 0.5) is 11.8 Å². The first-order valence-electron chi connectivity index (χ1n) is 9.23. The highest BCUT2D eigenvalue weighted by Crippen LogP contribution is 2.32. The van der Waals surface area contributed by atoms with Crippen molar-refractivity contribution >= 4 is 22.9 Å². The molecule has 11 heteroatoms. The van der Waals surface area contributed by atoms with Gasteiger partial charge in [-0.25, -0.2) is 4.98 Å². The van der Waals surface area contributed by atoms with E-state index in [-0.39, 0.29) is 11.8 Å². The first-order chi connectivity index (χ1) is 13.6. The summed E-state index contributed by atoms with van der Waals surface area (Å²) < 4.78 is 6.99. The topological polar surface area (TPSA) is 164 Å². The fourth-order valence-electron chi connectivity index (χ4n) is 3.51. The average Bonchev–Trinajstić information content (AvgIpc) is 3.24. The number of azo groups is 1. The van der Waals surface area contributed by atoms with E-state index in [9.17, 15) is 15.3 Å². The van der Waals surface area contributed by atoms with Crippen LogP contribution in [0.1, 0.15) is 25.5 Å². The lowest BCUT2D eigenvalue weighted by molar-refractivity contribution is -0.0511. The highest BCUT2D eigenvalue weighted by Gasteiger charge is 2.44. The van der Waals surface area contributed by atoms with Crippen LogP contribution in [-0.4, -0.2) is 66.3 Å². The third kappa shape index (κ3) is 3.49. The van der Waals surface area contributed by atoms with Crippen molar-refractivity contribution in [3.63, 3.8) is 0 Å². The molecule has 5 N–H and O–H groups in total. The van der Waals surface area contributed by atoms with E-state index in [4.69, 9.17) is 10.5 Å². The minimum Gasteiger partial charge on any atom is -0.394 e. The van der Waals surface area contributed by atoms with Crippen LogP contribution in [0.25, 0.3) is 11.2 Å². The molecule has 1 fully saturated rings. The van der Waals surface area contributed by atoms with Gasteiger partial charge in [0, 0.05) is 0 Å². The first kappa shape index (κ1) is 18.9. The van der Waals surface area contributed by atoms with E-state index >= 15 is 0 Å². The van der Waals surface area contributed by atoms with Crippen molar-refractivity contribution in [2.75, 3.05) is 18.9 Å². The number of fused-ring (bicyclic) bond motifs is 1. The lowest BCUT2D eigenvalue weighted by atomic mass is 9.95. The van der Waals surface area contributed by atoms with Gasteiger partial charge in [0.1, 0.15) is 23.8 Å². The van der Waals surface area contributed by atoms with Crippen LogP contribution in [-0.2, 0) is 4.74 Å². The zero-order chi connectivity index (χ0) is 19.7. The molecule has 1 aliphatic heterocycles. The number of rotatable bonds is 5. The van der Waals surface area contributed by atoms with Gasteiger partial charge < -0.3 is 25.8 Å². The van der Waals surface area contributed by atoms with Crippen molar-refractivity contribution in [2.24, 2.45) is 16.1 Å². The zero-order valence-corrected chi connectivity index (χ0v) is 15.2. The van der Waals surface area contributed by atoms with Gasteiger partial charge in [-0.1, -0.05) is 12.2 Å². The summed E-state index contributed by atoms with van der Waals surface area (Å²) in [6.07, 6.45) is 4.49. The molecule has 28 heavy (non-hydrogen) atoms. The molecule has 11 nitrogen and oxygen atoms in total. The SMILES string of the molecule is Nc1nc(N=NCC2CC=CCC2)nc2c1ncn2C1O[C@H](CO)[C@@H](O)[C@H]1O. The molecular formula is C17H23N7O4. The number of aliphatic hydroxyl groups excluding tert-OH is 3. The molecular weight excluding hydrogens is 366 g/mol. The smallest absolute Gasteiger partial charge is 0.272 e. The molecule has 0 aromatic carbocycles. The van der Waals surface area contributed by atoms with Crippen LogP contribution in [0.2, 0.25) is 0 Å². The summed E-state index contributed by atoms with van der Waals surface area (Å²) in [7, 11) is 0. The molecule has 0 amide bonds. The number of ether oxygens (including phenoxy) is 1. The Morgan fingerprint density at radius 3 is 2.82 bits per heavy atom. The Morgan fingerprint density at radius 1 is 1.25 bits per heavy atom. The molecule has 2 unspecified atom stereocenters. The van der Waals surface area contributed by atoms with E-state index in [0.717, 1.165) is 19.3 Å². The Bertz CT molecular complexity index is 899. The zero-order valence-electron chi connectivity index (χ0n) is 15.2. The average molecular weight is 389 g/mol. The number of aromatic nitrogens is 4. The minimum atomic E-state index is -1.25. The molecule has 2 aliphatic rings. The summed E-state index contributed by atoms with van der Waals surface area (Å²) in [6, 6.07) is 0. The molecule has 1 aliphatic carbocycles. The molecule has 2 aromatic heterocycles. The van der Waals surface area contributed by atoms with Crippen molar-refractivity contribution in [1.29, 1.82) is 0 Å². The summed E-state index contributed by atoms with van der Waals surface area (Å²) in [5, 5.41) is 37.8. The van der Waals surface area contributed by atoms with Crippen molar-refractivity contribution in [2.45, 2.75) is 43.8 Å². The summed E-state index contributed by atoms with van der Waals surface area (Å²) in [5.41, 5.74) is 6.60. The van der Waals surface area contributed by atoms with Gasteiger partial charge in [-0.3, -0.25) is 4.57 Å². The maximum atomic E-state index is 10.3. The maximum absolute atomic E-state index is 10.3. The molecule has 0 spiro atoms. The van der Waals surface area contributed by atoms with Crippen LogP contribution in [0.15, 0.2) is 28.7 Å². The maximum Gasteiger partial charge on any atom is 0.272 e. The number of nitrogens with zero attached hydrogens (tertiary/aromatic N) is 6. The van der Waals surface area contributed by atoms with E-state index in [2.05, 4.69) is 37.3 Å². The molecule has 3 heterocycles. The van der Waals surface area contributed by atoms with Crippen LogP contribution >= 0.6 is 0 Å². The van der Waals surface area contributed by atoms with E-state index in [1.807, 2.05) is 0 Å². The number of anilines is 1. The van der Waals surface area contributed by atoms with E-state index in [1.165, 1.54) is 10.9 Å².